The SMILES string of the molecule is CNCc1cc(S(=O)(=O)N(C)CCc2ccccc2)cs1. The van der Waals surface area contributed by atoms with Gasteiger partial charge in [-0.3, -0.25) is 0 Å². The lowest BCUT2D eigenvalue weighted by Gasteiger charge is -2.16. The summed E-state index contributed by atoms with van der Waals surface area (Å²) in [6.45, 7) is 1.16. The zero-order valence-corrected chi connectivity index (χ0v) is 13.9. The molecule has 0 spiro atoms. The number of hydrogen-bond acceptors (Lipinski definition) is 4. The molecule has 21 heavy (non-hydrogen) atoms. The Bertz CT molecular complexity index is 666. The number of hydrogen-bond donors (Lipinski definition) is 1. The van der Waals surface area contributed by atoms with Gasteiger partial charge in [-0.15, -0.1) is 11.3 Å². The van der Waals surface area contributed by atoms with Gasteiger partial charge in [-0.1, -0.05) is 30.3 Å². The van der Waals surface area contributed by atoms with Gasteiger partial charge < -0.3 is 5.32 Å². The molecule has 0 aliphatic carbocycles. The summed E-state index contributed by atoms with van der Waals surface area (Å²) >= 11 is 1.46. The minimum atomic E-state index is -3.39. The third kappa shape index (κ3) is 4.14. The molecule has 2 rings (SSSR count). The van der Waals surface area contributed by atoms with E-state index in [-0.39, 0.29) is 0 Å². The normalized spacial score (nSPS) is 12.0. The molecule has 0 bridgehead atoms. The highest BCUT2D eigenvalue weighted by Crippen LogP contribution is 2.22. The van der Waals surface area contributed by atoms with Crippen LogP contribution in [-0.2, 0) is 23.0 Å². The molecule has 1 aromatic heterocycles. The Kier molecular flexibility index (Phi) is 5.52. The second kappa shape index (κ2) is 7.17. The maximum Gasteiger partial charge on any atom is 0.243 e. The molecule has 0 aliphatic rings. The Morgan fingerprint density at radius 1 is 1.24 bits per heavy atom. The van der Waals surface area contributed by atoms with Crippen LogP contribution in [-0.4, -0.2) is 33.4 Å². The number of nitrogens with zero attached hydrogens (tertiary/aromatic N) is 1. The van der Waals surface area contributed by atoms with Crippen molar-refractivity contribution in [2.24, 2.45) is 0 Å². The molecule has 0 saturated heterocycles. The van der Waals surface area contributed by atoms with Gasteiger partial charge in [-0.05, 0) is 25.1 Å². The molecule has 0 radical (unpaired) electrons. The minimum Gasteiger partial charge on any atom is -0.315 e. The van der Waals surface area contributed by atoms with Gasteiger partial charge in [-0.25, -0.2) is 12.7 Å². The topological polar surface area (TPSA) is 49.4 Å². The molecule has 0 atom stereocenters. The third-order valence-corrected chi connectivity index (χ3v) is 6.17. The molecule has 0 saturated carbocycles. The average molecular weight is 324 g/mol. The van der Waals surface area contributed by atoms with Crippen LogP contribution in [0.1, 0.15) is 10.4 Å². The summed E-state index contributed by atoms with van der Waals surface area (Å²) in [5.74, 6) is 0. The number of rotatable bonds is 7. The molecule has 2 aromatic rings. The fourth-order valence-corrected chi connectivity index (χ4v) is 4.44. The Labute approximate surface area is 130 Å². The van der Waals surface area contributed by atoms with Crippen molar-refractivity contribution < 1.29 is 8.42 Å². The molecule has 1 N–H and O–H groups in total. The smallest absolute Gasteiger partial charge is 0.243 e. The fraction of sp³-hybridized carbons (Fsp3) is 0.333. The molecular formula is C15H20N2O2S2. The standard InChI is InChI=1S/C15H20N2O2S2/c1-16-11-14-10-15(12-20-14)21(18,19)17(2)9-8-13-6-4-3-5-7-13/h3-7,10,12,16H,8-9,11H2,1-2H3. The highest BCUT2D eigenvalue weighted by Gasteiger charge is 2.21. The van der Waals surface area contributed by atoms with Crippen molar-refractivity contribution in [1.29, 1.82) is 0 Å². The van der Waals surface area contributed by atoms with Crippen molar-refractivity contribution >= 4 is 21.4 Å². The number of nitrogens with one attached hydrogen (secondary N) is 1. The van der Waals surface area contributed by atoms with Gasteiger partial charge in [0.15, 0.2) is 0 Å². The van der Waals surface area contributed by atoms with Crippen molar-refractivity contribution in [1.82, 2.24) is 9.62 Å². The Morgan fingerprint density at radius 2 is 1.95 bits per heavy atom. The van der Waals surface area contributed by atoms with E-state index in [0.29, 0.717) is 24.4 Å². The zero-order chi connectivity index (χ0) is 15.3. The second-order valence-electron chi connectivity index (χ2n) is 4.84. The molecule has 4 nitrogen and oxygen atoms in total. The van der Waals surface area contributed by atoms with Gasteiger partial charge in [0.05, 0.1) is 4.90 Å². The average Bonchev–Trinajstić information content (AvgIpc) is 2.95. The summed E-state index contributed by atoms with van der Waals surface area (Å²) in [5, 5.41) is 4.74. The number of thiophene rings is 1. The maximum atomic E-state index is 12.5. The highest BCUT2D eigenvalue weighted by atomic mass is 32.2. The Balaban J connectivity index is 2.04. The van der Waals surface area contributed by atoms with E-state index in [4.69, 9.17) is 0 Å². The van der Waals surface area contributed by atoms with Crippen molar-refractivity contribution in [3.8, 4) is 0 Å². The molecule has 0 aliphatic heterocycles. The maximum absolute atomic E-state index is 12.5. The van der Waals surface area contributed by atoms with E-state index >= 15 is 0 Å². The molecule has 0 amide bonds. The third-order valence-electron chi connectivity index (χ3n) is 3.25. The fourth-order valence-electron chi connectivity index (χ4n) is 1.99. The predicted octanol–water partition coefficient (Wildman–Crippen LogP) is 2.33. The molecule has 0 unspecified atom stereocenters. The van der Waals surface area contributed by atoms with Crippen molar-refractivity contribution in [3.63, 3.8) is 0 Å². The van der Waals surface area contributed by atoms with Gasteiger partial charge in [-0.2, -0.15) is 0 Å². The monoisotopic (exact) mass is 324 g/mol. The van der Waals surface area contributed by atoms with E-state index in [1.807, 2.05) is 37.4 Å². The Morgan fingerprint density at radius 3 is 2.62 bits per heavy atom. The van der Waals surface area contributed by atoms with Crippen molar-refractivity contribution in [2.75, 3.05) is 20.6 Å². The van der Waals surface area contributed by atoms with Gasteiger partial charge in [0, 0.05) is 30.4 Å². The van der Waals surface area contributed by atoms with Gasteiger partial charge in [0.1, 0.15) is 0 Å². The first kappa shape index (κ1) is 16.2. The van der Waals surface area contributed by atoms with E-state index in [1.54, 1.807) is 18.5 Å². The lowest BCUT2D eigenvalue weighted by molar-refractivity contribution is 0.473. The molecule has 114 valence electrons. The van der Waals surface area contributed by atoms with E-state index in [1.165, 1.54) is 15.6 Å². The van der Waals surface area contributed by atoms with Gasteiger partial charge in [0.2, 0.25) is 10.0 Å². The number of benzene rings is 1. The quantitative estimate of drug-likeness (QED) is 0.850. The van der Waals surface area contributed by atoms with Gasteiger partial charge >= 0.3 is 0 Å². The van der Waals surface area contributed by atoms with Crippen LogP contribution >= 0.6 is 11.3 Å². The first-order valence-corrected chi connectivity index (χ1v) is 9.08. The van der Waals surface area contributed by atoms with Crippen LogP contribution in [0.2, 0.25) is 0 Å². The summed E-state index contributed by atoms with van der Waals surface area (Å²) in [5.41, 5.74) is 1.14. The molecule has 1 aromatic carbocycles. The lowest BCUT2D eigenvalue weighted by atomic mass is 10.2. The van der Waals surface area contributed by atoms with E-state index in [2.05, 4.69) is 5.32 Å². The Hall–Kier alpha value is -1.21. The molecule has 0 fully saturated rings. The van der Waals surface area contributed by atoms with Crippen LogP contribution in [0.25, 0.3) is 0 Å². The zero-order valence-electron chi connectivity index (χ0n) is 12.2. The van der Waals surface area contributed by atoms with E-state index in [9.17, 15) is 8.42 Å². The van der Waals surface area contributed by atoms with Crippen LogP contribution in [0.4, 0.5) is 0 Å². The summed E-state index contributed by atoms with van der Waals surface area (Å²) in [7, 11) is 0.0891. The largest absolute Gasteiger partial charge is 0.315 e. The first-order chi connectivity index (χ1) is 10.0. The van der Waals surface area contributed by atoms with Gasteiger partial charge in [0.25, 0.3) is 0 Å². The van der Waals surface area contributed by atoms with Crippen molar-refractivity contribution in [2.45, 2.75) is 17.9 Å². The number of sulfonamides is 1. The summed E-state index contributed by atoms with van der Waals surface area (Å²) in [6.07, 6.45) is 0.712. The second-order valence-corrected chi connectivity index (χ2v) is 7.88. The molecule has 1 heterocycles. The number of likely N-dealkylation sites (N-methyl/N-ethyl adjacent to an activating group) is 1. The minimum absolute atomic E-state index is 0.383. The molecule has 6 heteroatoms. The first-order valence-electron chi connectivity index (χ1n) is 6.76. The highest BCUT2D eigenvalue weighted by molar-refractivity contribution is 7.89. The van der Waals surface area contributed by atoms with Crippen LogP contribution in [0.15, 0.2) is 46.7 Å². The van der Waals surface area contributed by atoms with Crippen LogP contribution in [0, 0.1) is 0 Å². The van der Waals surface area contributed by atoms with Crippen LogP contribution < -0.4 is 5.32 Å². The van der Waals surface area contributed by atoms with E-state index in [0.717, 1.165) is 10.4 Å². The summed E-state index contributed by atoms with van der Waals surface area (Å²) in [6, 6.07) is 11.7. The predicted molar refractivity (Wildman–Crippen MR) is 87.0 cm³/mol. The summed E-state index contributed by atoms with van der Waals surface area (Å²) in [4.78, 5) is 1.40. The lowest BCUT2D eigenvalue weighted by Crippen LogP contribution is -2.28. The van der Waals surface area contributed by atoms with Crippen LogP contribution in [0.5, 0.6) is 0 Å². The van der Waals surface area contributed by atoms with Crippen molar-refractivity contribution in [3.05, 3.63) is 52.2 Å². The molecular weight excluding hydrogens is 304 g/mol. The van der Waals surface area contributed by atoms with Crippen LogP contribution in [0.3, 0.4) is 0 Å². The summed E-state index contributed by atoms with van der Waals surface area (Å²) < 4.78 is 26.4. The van der Waals surface area contributed by atoms with E-state index < -0.39 is 10.0 Å².